The molecule has 1 aliphatic heterocycles. The highest BCUT2D eigenvalue weighted by Crippen LogP contribution is 2.22. The monoisotopic (exact) mass is 265 g/mol. The van der Waals surface area contributed by atoms with Crippen molar-refractivity contribution in [2.75, 3.05) is 31.7 Å². The van der Waals surface area contributed by atoms with Gasteiger partial charge in [-0.3, -0.25) is 9.78 Å². The number of aliphatic hydroxyl groups excluding tert-OH is 1. The van der Waals surface area contributed by atoms with Crippen molar-refractivity contribution in [3.05, 3.63) is 24.0 Å². The molecule has 1 aromatic rings. The van der Waals surface area contributed by atoms with Gasteiger partial charge in [0.2, 0.25) is 0 Å². The molecule has 1 fully saturated rings. The van der Waals surface area contributed by atoms with E-state index >= 15 is 0 Å². The van der Waals surface area contributed by atoms with E-state index in [1.54, 1.807) is 19.3 Å². The smallest absolute Gasteiger partial charge is 0.269 e. The highest BCUT2D eigenvalue weighted by Gasteiger charge is 2.26. The molecule has 2 atom stereocenters. The zero-order valence-corrected chi connectivity index (χ0v) is 11.2. The van der Waals surface area contributed by atoms with Gasteiger partial charge in [0.1, 0.15) is 5.69 Å². The van der Waals surface area contributed by atoms with E-state index in [0.29, 0.717) is 18.8 Å². The highest BCUT2D eigenvalue weighted by atomic mass is 16.5. The minimum absolute atomic E-state index is 0.00337. The fourth-order valence-electron chi connectivity index (χ4n) is 2.14. The van der Waals surface area contributed by atoms with Crippen LogP contribution in [-0.2, 0) is 4.74 Å². The van der Waals surface area contributed by atoms with Crippen molar-refractivity contribution in [3.63, 3.8) is 0 Å². The van der Waals surface area contributed by atoms with Crippen molar-refractivity contribution >= 4 is 11.6 Å². The van der Waals surface area contributed by atoms with Crippen molar-refractivity contribution in [3.8, 4) is 0 Å². The SMILES string of the molecule is CNC(=O)c1cc(N2CC(CO)OCC2C)ccn1. The van der Waals surface area contributed by atoms with Crippen molar-refractivity contribution < 1.29 is 14.6 Å². The first-order chi connectivity index (χ1) is 9.15. The number of morpholine rings is 1. The lowest BCUT2D eigenvalue weighted by molar-refractivity contribution is -0.0103. The van der Waals surface area contributed by atoms with Crippen molar-refractivity contribution in [1.29, 1.82) is 0 Å². The molecular formula is C13H19N3O3. The van der Waals surface area contributed by atoms with Gasteiger partial charge in [0.05, 0.1) is 19.3 Å². The van der Waals surface area contributed by atoms with Gasteiger partial charge in [-0.05, 0) is 19.1 Å². The van der Waals surface area contributed by atoms with E-state index < -0.39 is 0 Å². The molecule has 0 bridgehead atoms. The molecule has 2 unspecified atom stereocenters. The maximum Gasteiger partial charge on any atom is 0.269 e. The molecule has 2 heterocycles. The van der Waals surface area contributed by atoms with Crippen LogP contribution < -0.4 is 10.2 Å². The summed E-state index contributed by atoms with van der Waals surface area (Å²) in [5.74, 6) is -0.207. The number of aromatic nitrogens is 1. The van der Waals surface area contributed by atoms with Crippen LogP contribution in [0, 0.1) is 0 Å². The fourth-order valence-corrected chi connectivity index (χ4v) is 2.14. The molecule has 2 N–H and O–H groups in total. The third kappa shape index (κ3) is 3.02. The predicted octanol–water partition coefficient (Wildman–Crippen LogP) is 0.0272. The van der Waals surface area contributed by atoms with Gasteiger partial charge in [0, 0.05) is 31.5 Å². The largest absolute Gasteiger partial charge is 0.394 e. The number of amides is 1. The minimum atomic E-state index is -0.207. The molecule has 0 aliphatic carbocycles. The Labute approximate surface area is 112 Å². The first kappa shape index (κ1) is 13.8. The third-order valence-electron chi connectivity index (χ3n) is 3.24. The van der Waals surface area contributed by atoms with Gasteiger partial charge in [0.15, 0.2) is 0 Å². The number of ether oxygens (including phenoxy) is 1. The van der Waals surface area contributed by atoms with E-state index in [4.69, 9.17) is 4.74 Å². The fraction of sp³-hybridized carbons (Fsp3) is 0.538. The Bertz CT molecular complexity index is 453. The van der Waals surface area contributed by atoms with Crippen LogP contribution in [0.3, 0.4) is 0 Å². The zero-order valence-electron chi connectivity index (χ0n) is 11.2. The van der Waals surface area contributed by atoms with Gasteiger partial charge in [-0.2, -0.15) is 0 Å². The van der Waals surface area contributed by atoms with Crippen LogP contribution in [0.2, 0.25) is 0 Å². The maximum atomic E-state index is 11.6. The van der Waals surface area contributed by atoms with Crippen molar-refractivity contribution in [2.45, 2.75) is 19.1 Å². The van der Waals surface area contributed by atoms with E-state index in [1.807, 2.05) is 13.0 Å². The normalized spacial score (nSPS) is 23.2. The Balaban J connectivity index is 2.22. The standard InChI is InChI=1S/C13H19N3O3/c1-9-8-19-11(7-17)6-16(9)10-3-4-15-12(5-10)13(18)14-2/h3-5,9,11,17H,6-8H2,1-2H3,(H,14,18). The molecule has 104 valence electrons. The number of nitrogens with zero attached hydrogens (tertiary/aromatic N) is 2. The molecule has 2 rings (SSSR count). The number of carbonyl (C=O) groups is 1. The summed E-state index contributed by atoms with van der Waals surface area (Å²) in [6.07, 6.45) is 1.43. The Morgan fingerprint density at radius 1 is 1.68 bits per heavy atom. The quantitative estimate of drug-likeness (QED) is 0.806. The van der Waals surface area contributed by atoms with E-state index in [0.717, 1.165) is 5.69 Å². The zero-order chi connectivity index (χ0) is 13.8. The highest BCUT2D eigenvalue weighted by molar-refractivity contribution is 5.92. The summed E-state index contributed by atoms with van der Waals surface area (Å²) >= 11 is 0. The van der Waals surface area contributed by atoms with E-state index in [9.17, 15) is 9.90 Å². The summed E-state index contributed by atoms with van der Waals surface area (Å²) in [5, 5.41) is 11.8. The molecule has 0 spiro atoms. The lowest BCUT2D eigenvalue weighted by Gasteiger charge is -2.39. The summed E-state index contributed by atoms with van der Waals surface area (Å²) in [6, 6.07) is 3.82. The molecule has 0 saturated carbocycles. The predicted molar refractivity (Wildman–Crippen MR) is 71.3 cm³/mol. The molecule has 19 heavy (non-hydrogen) atoms. The molecule has 0 aromatic carbocycles. The Morgan fingerprint density at radius 2 is 2.47 bits per heavy atom. The lowest BCUT2D eigenvalue weighted by atomic mass is 10.1. The summed E-state index contributed by atoms with van der Waals surface area (Å²) in [6.45, 7) is 3.21. The average molecular weight is 265 g/mol. The summed E-state index contributed by atoms with van der Waals surface area (Å²) in [7, 11) is 1.58. The number of carbonyl (C=O) groups excluding carboxylic acids is 1. The first-order valence-corrected chi connectivity index (χ1v) is 6.33. The molecule has 1 aliphatic rings. The van der Waals surface area contributed by atoms with Crippen LogP contribution in [-0.4, -0.2) is 54.9 Å². The van der Waals surface area contributed by atoms with Gasteiger partial charge in [-0.15, -0.1) is 0 Å². The van der Waals surface area contributed by atoms with Gasteiger partial charge in [-0.25, -0.2) is 0 Å². The Morgan fingerprint density at radius 3 is 3.16 bits per heavy atom. The van der Waals surface area contributed by atoms with Crippen LogP contribution in [0.1, 0.15) is 17.4 Å². The van der Waals surface area contributed by atoms with E-state index in [-0.39, 0.29) is 24.7 Å². The second-order valence-electron chi connectivity index (χ2n) is 4.62. The number of aliphatic hydroxyl groups is 1. The van der Waals surface area contributed by atoms with Crippen molar-refractivity contribution in [1.82, 2.24) is 10.3 Å². The number of rotatable bonds is 3. The topological polar surface area (TPSA) is 74.7 Å². The Kier molecular flexibility index (Phi) is 4.34. The van der Waals surface area contributed by atoms with Gasteiger partial charge >= 0.3 is 0 Å². The summed E-state index contributed by atoms with van der Waals surface area (Å²) in [4.78, 5) is 17.8. The average Bonchev–Trinajstić information content (AvgIpc) is 2.47. The second-order valence-corrected chi connectivity index (χ2v) is 4.62. The number of nitrogens with one attached hydrogen (secondary N) is 1. The van der Waals surface area contributed by atoms with Crippen LogP contribution in [0.5, 0.6) is 0 Å². The van der Waals surface area contributed by atoms with Crippen LogP contribution in [0.15, 0.2) is 18.3 Å². The molecule has 6 nitrogen and oxygen atoms in total. The van der Waals surface area contributed by atoms with E-state index in [1.165, 1.54) is 0 Å². The first-order valence-electron chi connectivity index (χ1n) is 6.33. The lowest BCUT2D eigenvalue weighted by Crippen LogP contribution is -2.49. The maximum absolute atomic E-state index is 11.6. The summed E-state index contributed by atoms with van der Waals surface area (Å²) in [5.41, 5.74) is 1.31. The third-order valence-corrected chi connectivity index (χ3v) is 3.24. The van der Waals surface area contributed by atoms with Crippen LogP contribution >= 0.6 is 0 Å². The summed E-state index contributed by atoms with van der Waals surface area (Å²) < 4.78 is 5.50. The molecule has 1 amide bonds. The van der Waals surface area contributed by atoms with Crippen LogP contribution in [0.4, 0.5) is 5.69 Å². The van der Waals surface area contributed by atoms with Gasteiger partial charge in [0.25, 0.3) is 5.91 Å². The molecule has 1 saturated heterocycles. The molecule has 6 heteroatoms. The van der Waals surface area contributed by atoms with Gasteiger partial charge in [-0.1, -0.05) is 0 Å². The van der Waals surface area contributed by atoms with E-state index in [2.05, 4.69) is 15.2 Å². The number of pyridine rings is 1. The second kappa shape index (κ2) is 5.99. The molecule has 1 aromatic heterocycles. The van der Waals surface area contributed by atoms with Gasteiger partial charge < -0.3 is 20.1 Å². The minimum Gasteiger partial charge on any atom is -0.394 e. The number of hydrogen-bond donors (Lipinski definition) is 2. The number of anilines is 1. The molecule has 0 radical (unpaired) electrons. The molecular weight excluding hydrogens is 246 g/mol. The van der Waals surface area contributed by atoms with Crippen LogP contribution in [0.25, 0.3) is 0 Å². The number of hydrogen-bond acceptors (Lipinski definition) is 5. The van der Waals surface area contributed by atoms with Crippen molar-refractivity contribution in [2.24, 2.45) is 0 Å². The Hall–Kier alpha value is -1.66.